The highest BCUT2D eigenvalue weighted by Gasteiger charge is 2.36. The van der Waals surface area contributed by atoms with E-state index < -0.39 is 10.7 Å². The molecule has 1 saturated carbocycles. The van der Waals surface area contributed by atoms with Crippen molar-refractivity contribution in [3.8, 4) is 5.75 Å². The van der Waals surface area contributed by atoms with Crippen LogP contribution in [0.25, 0.3) is 0 Å². The van der Waals surface area contributed by atoms with Crippen LogP contribution in [0.4, 0.5) is 10.1 Å². The monoisotopic (exact) mass is 285 g/mol. The van der Waals surface area contributed by atoms with E-state index in [1.807, 2.05) is 0 Å². The van der Waals surface area contributed by atoms with E-state index in [1.54, 1.807) is 6.92 Å². The van der Waals surface area contributed by atoms with Crippen molar-refractivity contribution in [1.82, 2.24) is 0 Å². The van der Waals surface area contributed by atoms with Crippen molar-refractivity contribution in [1.29, 1.82) is 0 Å². The molecule has 6 heteroatoms. The maximum atomic E-state index is 13.7. The van der Waals surface area contributed by atoms with Gasteiger partial charge < -0.3 is 4.74 Å². The van der Waals surface area contributed by atoms with E-state index in [1.165, 1.54) is 6.07 Å². The van der Waals surface area contributed by atoms with Gasteiger partial charge in [-0.2, -0.15) is 12.6 Å². The number of thiol groups is 1. The summed E-state index contributed by atoms with van der Waals surface area (Å²) in [6.07, 6.45) is 3.21. The first-order valence-corrected chi connectivity index (χ1v) is 6.79. The Kier molecular flexibility index (Phi) is 3.99. The fourth-order valence-corrected chi connectivity index (χ4v) is 2.62. The van der Waals surface area contributed by atoms with Crippen LogP contribution in [-0.2, 0) is 0 Å². The Morgan fingerprint density at radius 3 is 2.68 bits per heavy atom. The fourth-order valence-electron chi connectivity index (χ4n) is 2.21. The number of rotatable bonds is 5. The van der Waals surface area contributed by atoms with Gasteiger partial charge >= 0.3 is 0 Å². The lowest BCUT2D eigenvalue weighted by Gasteiger charge is -2.40. The molecule has 0 radical (unpaired) electrons. The summed E-state index contributed by atoms with van der Waals surface area (Å²) in [5.41, 5.74) is 0.206. The summed E-state index contributed by atoms with van der Waals surface area (Å²) in [7, 11) is 0. The zero-order valence-electron chi connectivity index (χ0n) is 10.7. The molecule has 1 aromatic carbocycles. The molecule has 0 bridgehead atoms. The smallest absolute Gasteiger partial charge is 0.275 e. The summed E-state index contributed by atoms with van der Waals surface area (Å²) in [5, 5.41) is 10.7. The molecule has 2 rings (SSSR count). The molecule has 0 spiro atoms. The van der Waals surface area contributed by atoms with E-state index in [0.29, 0.717) is 17.9 Å². The molecule has 19 heavy (non-hydrogen) atoms. The SMILES string of the molecule is Cc1cc(OCC2(CS)CCC2)c(F)cc1[N+](=O)[O-]. The normalized spacial score (nSPS) is 16.8. The molecule has 0 N–H and O–H groups in total. The summed E-state index contributed by atoms with van der Waals surface area (Å²) in [5.74, 6) is 0.0997. The van der Waals surface area contributed by atoms with Gasteiger partial charge in [-0.15, -0.1) is 0 Å². The molecular formula is C13H16FNO3S. The van der Waals surface area contributed by atoms with Gasteiger partial charge in [0.05, 0.1) is 17.6 Å². The average molecular weight is 285 g/mol. The molecule has 0 aliphatic heterocycles. The third-order valence-corrected chi connectivity index (χ3v) is 4.40. The zero-order chi connectivity index (χ0) is 14.0. The second-order valence-electron chi connectivity index (χ2n) is 5.13. The summed E-state index contributed by atoms with van der Waals surface area (Å²) >= 11 is 4.31. The van der Waals surface area contributed by atoms with Crippen molar-refractivity contribution < 1.29 is 14.1 Å². The first-order valence-electron chi connectivity index (χ1n) is 6.16. The van der Waals surface area contributed by atoms with Crippen LogP contribution >= 0.6 is 12.6 Å². The Balaban J connectivity index is 2.13. The van der Waals surface area contributed by atoms with Gasteiger partial charge in [-0.3, -0.25) is 10.1 Å². The minimum absolute atomic E-state index is 0.0330. The first kappa shape index (κ1) is 14.1. The van der Waals surface area contributed by atoms with Crippen molar-refractivity contribution in [3.63, 3.8) is 0 Å². The largest absolute Gasteiger partial charge is 0.490 e. The summed E-state index contributed by atoms with van der Waals surface area (Å²) in [6, 6.07) is 2.30. The van der Waals surface area contributed by atoms with E-state index >= 15 is 0 Å². The molecule has 0 aromatic heterocycles. The highest BCUT2D eigenvalue weighted by Crippen LogP contribution is 2.42. The maximum absolute atomic E-state index is 13.7. The molecule has 0 atom stereocenters. The van der Waals surface area contributed by atoms with Gasteiger partial charge in [0.2, 0.25) is 0 Å². The molecule has 1 aliphatic rings. The third kappa shape index (κ3) is 2.83. The van der Waals surface area contributed by atoms with Crippen molar-refractivity contribution in [2.75, 3.05) is 12.4 Å². The van der Waals surface area contributed by atoms with E-state index in [-0.39, 0.29) is 16.9 Å². The van der Waals surface area contributed by atoms with Crippen LogP contribution in [0.1, 0.15) is 24.8 Å². The quantitative estimate of drug-likeness (QED) is 0.511. The zero-order valence-corrected chi connectivity index (χ0v) is 11.6. The van der Waals surface area contributed by atoms with E-state index in [2.05, 4.69) is 12.6 Å². The van der Waals surface area contributed by atoms with Crippen LogP contribution in [0.15, 0.2) is 12.1 Å². The predicted molar refractivity (Wildman–Crippen MR) is 73.4 cm³/mol. The summed E-state index contributed by atoms with van der Waals surface area (Å²) < 4.78 is 19.2. The van der Waals surface area contributed by atoms with Gasteiger partial charge in [0.1, 0.15) is 0 Å². The molecule has 1 aliphatic carbocycles. The Morgan fingerprint density at radius 1 is 1.53 bits per heavy atom. The van der Waals surface area contributed by atoms with Gasteiger partial charge in [0.25, 0.3) is 5.69 Å². The summed E-state index contributed by atoms with van der Waals surface area (Å²) in [6.45, 7) is 1.98. The Bertz CT molecular complexity index is 497. The van der Waals surface area contributed by atoms with Gasteiger partial charge in [0.15, 0.2) is 11.6 Å². The summed E-state index contributed by atoms with van der Waals surface area (Å²) in [4.78, 5) is 10.1. The average Bonchev–Trinajstić information content (AvgIpc) is 2.31. The highest BCUT2D eigenvalue weighted by atomic mass is 32.1. The Labute approximate surface area is 116 Å². The minimum Gasteiger partial charge on any atom is -0.490 e. The molecule has 0 saturated heterocycles. The molecule has 0 unspecified atom stereocenters. The molecule has 4 nitrogen and oxygen atoms in total. The first-order chi connectivity index (χ1) is 8.97. The van der Waals surface area contributed by atoms with Crippen molar-refractivity contribution >= 4 is 18.3 Å². The molecule has 0 amide bonds. The Hall–Kier alpha value is -1.30. The van der Waals surface area contributed by atoms with Gasteiger partial charge in [0, 0.05) is 11.0 Å². The Morgan fingerprint density at radius 2 is 2.21 bits per heavy atom. The van der Waals surface area contributed by atoms with Gasteiger partial charge in [-0.05, 0) is 31.6 Å². The minimum atomic E-state index is -0.689. The van der Waals surface area contributed by atoms with Gasteiger partial charge in [-0.25, -0.2) is 4.39 Å². The number of halogens is 1. The van der Waals surface area contributed by atoms with E-state index in [4.69, 9.17) is 4.74 Å². The number of hydrogen-bond acceptors (Lipinski definition) is 4. The molecule has 104 valence electrons. The number of benzene rings is 1. The number of aryl methyl sites for hydroxylation is 1. The van der Waals surface area contributed by atoms with Crippen LogP contribution < -0.4 is 4.74 Å². The second-order valence-corrected chi connectivity index (χ2v) is 5.44. The lowest BCUT2D eigenvalue weighted by atomic mass is 9.71. The lowest BCUT2D eigenvalue weighted by molar-refractivity contribution is -0.385. The van der Waals surface area contributed by atoms with Gasteiger partial charge in [-0.1, -0.05) is 6.42 Å². The van der Waals surface area contributed by atoms with E-state index in [0.717, 1.165) is 25.3 Å². The number of nitro groups is 1. The van der Waals surface area contributed by atoms with E-state index in [9.17, 15) is 14.5 Å². The predicted octanol–water partition coefficient (Wildman–Crippen LogP) is 3.52. The highest BCUT2D eigenvalue weighted by molar-refractivity contribution is 7.80. The van der Waals surface area contributed by atoms with Crippen molar-refractivity contribution in [2.45, 2.75) is 26.2 Å². The van der Waals surface area contributed by atoms with Crippen LogP contribution in [0.5, 0.6) is 5.75 Å². The number of hydrogen-bond donors (Lipinski definition) is 1. The maximum Gasteiger partial charge on any atom is 0.275 e. The number of nitro benzene ring substituents is 1. The van der Waals surface area contributed by atoms with Crippen molar-refractivity contribution in [2.24, 2.45) is 5.41 Å². The van der Waals surface area contributed by atoms with Crippen LogP contribution in [0.2, 0.25) is 0 Å². The third-order valence-electron chi connectivity index (χ3n) is 3.73. The topological polar surface area (TPSA) is 52.4 Å². The number of nitrogens with zero attached hydrogens (tertiary/aromatic N) is 1. The number of ether oxygens (including phenoxy) is 1. The van der Waals surface area contributed by atoms with Crippen molar-refractivity contribution in [3.05, 3.63) is 33.6 Å². The molecular weight excluding hydrogens is 269 g/mol. The van der Waals surface area contributed by atoms with Crippen LogP contribution in [-0.4, -0.2) is 17.3 Å². The lowest BCUT2D eigenvalue weighted by Crippen LogP contribution is -2.37. The second kappa shape index (κ2) is 5.36. The van der Waals surface area contributed by atoms with Crippen LogP contribution in [0, 0.1) is 28.3 Å². The fraction of sp³-hybridized carbons (Fsp3) is 0.538. The van der Waals surface area contributed by atoms with Crippen LogP contribution in [0.3, 0.4) is 0 Å². The molecule has 1 aromatic rings. The molecule has 1 fully saturated rings. The molecule has 0 heterocycles. The standard InChI is InChI=1S/C13H16FNO3S/c1-9-5-12(10(14)6-11(9)15(16)17)18-7-13(8-19)3-2-4-13/h5-6,19H,2-4,7-8H2,1H3.